The van der Waals surface area contributed by atoms with E-state index in [4.69, 9.17) is 0 Å². The average Bonchev–Trinajstić information content (AvgIpc) is 3.06. The van der Waals surface area contributed by atoms with Crippen molar-refractivity contribution in [2.24, 2.45) is 5.92 Å². The number of hydrogen-bond donors (Lipinski definition) is 2. The monoisotopic (exact) mass is 378 g/mol. The van der Waals surface area contributed by atoms with E-state index in [2.05, 4.69) is 52.5 Å². The Bertz CT molecular complexity index is 1030. The lowest BCUT2D eigenvalue weighted by Crippen LogP contribution is -2.44. The van der Waals surface area contributed by atoms with Crippen LogP contribution in [0.25, 0.3) is 21.8 Å². The Morgan fingerprint density at radius 1 is 1.04 bits per heavy atom. The van der Waals surface area contributed by atoms with Crippen LogP contribution in [0.3, 0.4) is 0 Å². The van der Waals surface area contributed by atoms with Gasteiger partial charge in [0.15, 0.2) is 0 Å². The van der Waals surface area contributed by atoms with E-state index < -0.39 is 0 Å². The summed E-state index contributed by atoms with van der Waals surface area (Å²) in [6.45, 7) is 4.24. The normalized spacial score (nSPS) is 15.1. The minimum absolute atomic E-state index is 0.00516. The van der Waals surface area contributed by atoms with Crippen molar-refractivity contribution in [1.82, 2.24) is 14.8 Å². The molecule has 1 aromatic heterocycles. The average molecular weight is 378 g/mol. The van der Waals surface area contributed by atoms with Gasteiger partial charge in [-0.2, -0.15) is 0 Å². The van der Waals surface area contributed by atoms with Crippen molar-refractivity contribution in [3.8, 4) is 0 Å². The van der Waals surface area contributed by atoms with Gasteiger partial charge in [-0.25, -0.2) is 4.79 Å². The molecule has 1 fully saturated rings. The molecule has 2 heterocycles. The molecule has 0 spiro atoms. The molecule has 0 aliphatic carbocycles. The van der Waals surface area contributed by atoms with Crippen LogP contribution in [-0.2, 0) is 11.3 Å². The molecule has 0 bridgehead atoms. The summed E-state index contributed by atoms with van der Waals surface area (Å²) in [5.41, 5.74) is 3.18. The molecule has 1 aliphatic rings. The zero-order chi connectivity index (χ0) is 19.7. The number of aromatic nitrogens is 1. The highest BCUT2D eigenvalue weighted by atomic mass is 16.2. The number of amides is 3. The molecule has 4 rings (SSSR count). The zero-order valence-corrected chi connectivity index (χ0v) is 16.4. The van der Waals surface area contributed by atoms with Gasteiger partial charge in [0.2, 0.25) is 5.91 Å². The molecule has 146 valence electrons. The summed E-state index contributed by atoms with van der Waals surface area (Å²) in [4.78, 5) is 26.2. The molecule has 1 aliphatic heterocycles. The fraction of sp³-hybridized carbons (Fsp3) is 0.364. The fourth-order valence-electron chi connectivity index (χ4n) is 4.22. The van der Waals surface area contributed by atoms with E-state index in [1.54, 1.807) is 11.9 Å². The lowest BCUT2D eigenvalue weighted by Gasteiger charge is -2.31. The molecule has 28 heavy (non-hydrogen) atoms. The Morgan fingerprint density at radius 3 is 2.46 bits per heavy atom. The van der Waals surface area contributed by atoms with Gasteiger partial charge in [0, 0.05) is 60.1 Å². The van der Waals surface area contributed by atoms with Crippen LogP contribution >= 0.6 is 0 Å². The minimum atomic E-state index is -0.103. The molecule has 0 saturated carbocycles. The molecule has 0 radical (unpaired) electrons. The molecule has 2 N–H and O–H groups in total. The maximum absolute atomic E-state index is 12.7. The number of nitrogens with one attached hydrogen (secondary N) is 2. The zero-order valence-electron chi connectivity index (χ0n) is 16.4. The van der Waals surface area contributed by atoms with Gasteiger partial charge in [-0.15, -0.1) is 0 Å². The number of aryl methyl sites for hydroxylation is 1. The summed E-state index contributed by atoms with van der Waals surface area (Å²) in [6, 6.07) is 14.3. The summed E-state index contributed by atoms with van der Waals surface area (Å²) in [5.74, 6) is 0.0726. The van der Waals surface area contributed by atoms with Crippen LogP contribution in [0.1, 0.15) is 19.8 Å². The second-order valence-electron chi connectivity index (χ2n) is 7.30. The highest BCUT2D eigenvalue weighted by molar-refractivity contribution is 6.09. The van der Waals surface area contributed by atoms with E-state index in [1.165, 1.54) is 16.4 Å². The first-order chi connectivity index (χ1) is 13.6. The van der Waals surface area contributed by atoms with E-state index in [9.17, 15) is 9.59 Å². The topological polar surface area (TPSA) is 66.4 Å². The molecule has 6 nitrogen and oxygen atoms in total. The standard InChI is InChI=1S/C22H26N4O2/c1-3-26-19-7-5-4-6-17(19)18-14-16(8-9-20(18)26)24-22(28)25-12-10-15(11-13-25)21(27)23-2/h4-9,14-15H,3,10-13H2,1-2H3,(H,23,27)(H,24,28). The van der Waals surface area contributed by atoms with Crippen LogP contribution < -0.4 is 10.6 Å². The maximum Gasteiger partial charge on any atom is 0.321 e. The number of fused-ring (bicyclic) bond motifs is 3. The van der Waals surface area contributed by atoms with E-state index in [0.29, 0.717) is 25.9 Å². The third kappa shape index (κ3) is 3.19. The highest BCUT2D eigenvalue weighted by Gasteiger charge is 2.26. The Balaban J connectivity index is 1.53. The first-order valence-corrected chi connectivity index (χ1v) is 9.91. The first-order valence-electron chi connectivity index (χ1n) is 9.91. The lowest BCUT2D eigenvalue weighted by molar-refractivity contribution is -0.125. The van der Waals surface area contributed by atoms with Crippen LogP contribution in [0.5, 0.6) is 0 Å². The van der Waals surface area contributed by atoms with Crippen molar-refractivity contribution in [2.45, 2.75) is 26.3 Å². The van der Waals surface area contributed by atoms with E-state index in [0.717, 1.165) is 17.6 Å². The van der Waals surface area contributed by atoms with Gasteiger partial charge >= 0.3 is 6.03 Å². The van der Waals surface area contributed by atoms with Gasteiger partial charge < -0.3 is 20.1 Å². The Morgan fingerprint density at radius 2 is 1.75 bits per heavy atom. The van der Waals surface area contributed by atoms with Crippen molar-refractivity contribution in [2.75, 3.05) is 25.5 Å². The van der Waals surface area contributed by atoms with Gasteiger partial charge in [0.25, 0.3) is 0 Å². The number of benzene rings is 2. The van der Waals surface area contributed by atoms with Crippen molar-refractivity contribution >= 4 is 39.4 Å². The van der Waals surface area contributed by atoms with Gasteiger partial charge in [-0.1, -0.05) is 18.2 Å². The van der Waals surface area contributed by atoms with Gasteiger partial charge in [-0.3, -0.25) is 4.79 Å². The molecule has 6 heteroatoms. The van der Waals surface area contributed by atoms with Crippen LogP contribution in [0.2, 0.25) is 0 Å². The summed E-state index contributed by atoms with van der Waals surface area (Å²) >= 11 is 0. The predicted octanol–water partition coefficient (Wildman–Crippen LogP) is 3.80. The van der Waals surface area contributed by atoms with Crippen molar-refractivity contribution < 1.29 is 9.59 Å². The Hall–Kier alpha value is -3.02. The Kier molecular flexibility index (Phi) is 4.94. The van der Waals surface area contributed by atoms with E-state index in [-0.39, 0.29) is 17.9 Å². The number of piperidine rings is 1. The molecular formula is C22H26N4O2. The fourth-order valence-corrected chi connectivity index (χ4v) is 4.22. The summed E-state index contributed by atoms with van der Waals surface area (Å²) in [7, 11) is 1.66. The number of rotatable bonds is 3. The quantitative estimate of drug-likeness (QED) is 0.728. The number of carbonyl (C=O) groups excluding carboxylic acids is 2. The number of likely N-dealkylation sites (tertiary alicyclic amines) is 1. The molecular weight excluding hydrogens is 352 g/mol. The molecule has 0 unspecified atom stereocenters. The van der Waals surface area contributed by atoms with Gasteiger partial charge in [0.05, 0.1) is 0 Å². The maximum atomic E-state index is 12.7. The van der Waals surface area contributed by atoms with Gasteiger partial charge in [-0.05, 0) is 44.0 Å². The molecule has 1 saturated heterocycles. The smallest absolute Gasteiger partial charge is 0.321 e. The SMILES string of the molecule is CCn1c2ccccc2c2cc(NC(=O)N3CCC(C(=O)NC)CC3)ccc21. The Labute approximate surface area is 164 Å². The summed E-state index contributed by atoms with van der Waals surface area (Å²) < 4.78 is 2.29. The highest BCUT2D eigenvalue weighted by Crippen LogP contribution is 2.31. The molecule has 3 aromatic rings. The van der Waals surface area contributed by atoms with Crippen molar-refractivity contribution in [1.29, 1.82) is 0 Å². The van der Waals surface area contributed by atoms with Crippen LogP contribution in [0.15, 0.2) is 42.5 Å². The number of nitrogens with zero attached hydrogens (tertiary/aromatic N) is 2. The van der Waals surface area contributed by atoms with Gasteiger partial charge in [0.1, 0.15) is 0 Å². The predicted molar refractivity (Wildman–Crippen MR) is 113 cm³/mol. The number of hydrogen-bond acceptors (Lipinski definition) is 2. The number of urea groups is 1. The van der Waals surface area contributed by atoms with Crippen molar-refractivity contribution in [3.05, 3.63) is 42.5 Å². The third-order valence-electron chi connectivity index (χ3n) is 5.74. The number of anilines is 1. The van der Waals surface area contributed by atoms with E-state index >= 15 is 0 Å². The number of carbonyl (C=O) groups is 2. The summed E-state index contributed by atoms with van der Waals surface area (Å²) in [5, 5.41) is 8.07. The number of para-hydroxylation sites is 1. The first kappa shape index (κ1) is 18.3. The van der Waals surface area contributed by atoms with Crippen LogP contribution in [0.4, 0.5) is 10.5 Å². The second-order valence-corrected chi connectivity index (χ2v) is 7.30. The minimum Gasteiger partial charge on any atom is -0.359 e. The van der Waals surface area contributed by atoms with Crippen LogP contribution in [-0.4, -0.2) is 41.5 Å². The second kappa shape index (κ2) is 7.54. The molecule has 3 amide bonds. The lowest BCUT2D eigenvalue weighted by atomic mass is 9.96. The largest absolute Gasteiger partial charge is 0.359 e. The summed E-state index contributed by atoms with van der Waals surface area (Å²) in [6.07, 6.45) is 1.41. The third-order valence-corrected chi connectivity index (χ3v) is 5.74. The van der Waals surface area contributed by atoms with Crippen LogP contribution in [0, 0.1) is 5.92 Å². The molecule has 2 aromatic carbocycles. The molecule has 0 atom stereocenters. The van der Waals surface area contributed by atoms with E-state index in [1.807, 2.05) is 12.1 Å². The van der Waals surface area contributed by atoms with Crippen molar-refractivity contribution in [3.63, 3.8) is 0 Å².